The molecular formula is C24H24ClF2N4O5P. The summed E-state index contributed by atoms with van der Waals surface area (Å²) in [6.45, 7) is 0.452. The number of rotatable bonds is 7. The van der Waals surface area contributed by atoms with E-state index in [1.807, 2.05) is 0 Å². The molecule has 3 atom stereocenters. The number of likely N-dealkylation sites (tertiary alicyclic amines) is 1. The molecule has 0 spiro atoms. The third kappa shape index (κ3) is 5.60. The first-order valence-corrected chi connectivity index (χ1v) is 13.4. The summed E-state index contributed by atoms with van der Waals surface area (Å²) in [7, 11) is -4.11. The molecule has 0 aliphatic carbocycles. The number of benzene rings is 2. The molecule has 1 aliphatic heterocycles. The second-order valence-electron chi connectivity index (χ2n) is 8.88. The number of nitrogens with zero attached hydrogens (tertiary/aromatic N) is 2. The van der Waals surface area contributed by atoms with Crippen molar-refractivity contribution in [2.75, 3.05) is 6.54 Å². The number of ketones is 1. The average Bonchev–Trinajstić information content (AvgIpc) is 3.40. The number of Topliss-reactive ketones (excluding diaryl/α,β-unsaturated/α-hetero) is 1. The molecule has 1 fully saturated rings. The van der Waals surface area contributed by atoms with Crippen LogP contribution in [0.15, 0.2) is 42.6 Å². The van der Waals surface area contributed by atoms with Gasteiger partial charge in [-0.15, -0.1) is 0 Å². The van der Waals surface area contributed by atoms with Crippen molar-refractivity contribution in [2.45, 2.75) is 38.6 Å². The van der Waals surface area contributed by atoms with E-state index in [-0.39, 0.29) is 53.3 Å². The fourth-order valence-electron chi connectivity index (χ4n) is 4.42. The summed E-state index contributed by atoms with van der Waals surface area (Å²) in [5, 5.41) is 2.80. The number of nitrogens with two attached hydrogens (primary N) is 1. The van der Waals surface area contributed by atoms with Crippen molar-refractivity contribution in [1.82, 2.24) is 14.8 Å². The molecular weight excluding hydrogens is 529 g/mol. The van der Waals surface area contributed by atoms with E-state index in [0.717, 1.165) is 4.90 Å². The van der Waals surface area contributed by atoms with Gasteiger partial charge in [-0.05, 0) is 25.1 Å². The fourth-order valence-corrected chi connectivity index (χ4v) is 5.21. The Labute approximate surface area is 215 Å². The maximum absolute atomic E-state index is 14.3. The Balaban J connectivity index is 1.57. The van der Waals surface area contributed by atoms with Crippen molar-refractivity contribution in [2.24, 2.45) is 5.50 Å². The van der Waals surface area contributed by atoms with Crippen LogP contribution >= 0.6 is 19.1 Å². The minimum Gasteiger partial charge on any atom is -0.350 e. The highest BCUT2D eigenvalue weighted by atomic mass is 35.5. The maximum Gasteiger partial charge on any atom is 0.294 e. The quantitative estimate of drug-likeness (QED) is 0.305. The van der Waals surface area contributed by atoms with Gasteiger partial charge in [0.15, 0.2) is 5.78 Å². The van der Waals surface area contributed by atoms with E-state index in [4.69, 9.17) is 17.1 Å². The SMILES string of the molecule is CC(=O)c1cn(CC(=O)N2C[C@H](F)C[C@H]2C(=O)NCc2cccc(Cl)c2F)c2cc(P(N)(=O)O)ccc12. The van der Waals surface area contributed by atoms with Crippen LogP contribution in [0.1, 0.15) is 29.3 Å². The molecule has 4 N–H and O–H groups in total. The van der Waals surface area contributed by atoms with Crippen LogP contribution in [-0.2, 0) is 27.2 Å². The smallest absolute Gasteiger partial charge is 0.294 e. The summed E-state index contributed by atoms with van der Waals surface area (Å²) < 4.78 is 41.9. The highest BCUT2D eigenvalue weighted by molar-refractivity contribution is 7.63. The maximum atomic E-state index is 14.3. The molecule has 1 aromatic heterocycles. The molecule has 0 bridgehead atoms. The van der Waals surface area contributed by atoms with Crippen LogP contribution in [0.3, 0.4) is 0 Å². The summed E-state index contributed by atoms with van der Waals surface area (Å²) in [4.78, 5) is 49.1. The molecule has 37 heavy (non-hydrogen) atoms. The standard InChI is InChI=1S/C24H24ClF2N4O5P/c1-13(32)18-11-30(20-8-16(37(28,35)36)5-6-17(18)20)12-22(33)31-10-15(26)7-21(31)24(34)29-9-14-3-2-4-19(25)23(14)27/h2-6,8,11,15,21H,7,9-10,12H2,1H3,(H,29,34)(H3,28,35,36)/t15-,21+/m1/s1. The van der Waals surface area contributed by atoms with Crippen LogP contribution in [-0.4, -0.2) is 50.7 Å². The number of alkyl halides is 1. The molecule has 13 heteroatoms. The molecule has 1 saturated heterocycles. The first-order chi connectivity index (χ1) is 17.4. The van der Waals surface area contributed by atoms with Crippen molar-refractivity contribution in [3.05, 3.63) is 64.6 Å². The van der Waals surface area contributed by atoms with Crippen LogP contribution in [0.2, 0.25) is 5.02 Å². The van der Waals surface area contributed by atoms with E-state index in [0.29, 0.717) is 10.9 Å². The number of carbonyl (C=O) groups excluding carboxylic acids is 3. The van der Waals surface area contributed by atoms with Crippen molar-refractivity contribution < 1.29 is 32.6 Å². The van der Waals surface area contributed by atoms with Gasteiger partial charge < -0.3 is 19.7 Å². The van der Waals surface area contributed by atoms with E-state index in [2.05, 4.69) is 5.32 Å². The summed E-state index contributed by atoms with van der Waals surface area (Å²) in [6.07, 6.45) is -0.250. The Morgan fingerprint density at radius 3 is 2.68 bits per heavy atom. The number of fused-ring (bicyclic) bond motifs is 1. The largest absolute Gasteiger partial charge is 0.350 e. The summed E-state index contributed by atoms with van der Waals surface area (Å²) >= 11 is 5.76. The predicted molar refractivity (Wildman–Crippen MR) is 134 cm³/mol. The molecule has 1 unspecified atom stereocenters. The van der Waals surface area contributed by atoms with Gasteiger partial charge in [0.05, 0.1) is 22.4 Å². The lowest BCUT2D eigenvalue weighted by molar-refractivity contribution is -0.139. The first-order valence-electron chi connectivity index (χ1n) is 11.3. The topological polar surface area (TPSA) is 135 Å². The molecule has 2 amide bonds. The Bertz CT molecular complexity index is 1460. The van der Waals surface area contributed by atoms with Crippen molar-refractivity contribution in [1.29, 1.82) is 0 Å². The molecule has 2 heterocycles. The van der Waals surface area contributed by atoms with Gasteiger partial charge in [0.2, 0.25) is 11.8 Å². The number of amides is 2. The summed E-state index contributed by atoms with van der Waals surface area (Å²) in [6, 6.07) is 7.33. The third-order valence-electron chi connectivity index (χ3n) is 6.28. The first kappa shape index (κ1) is 26.9. The summed E-state index contributed by atoms with van der Waals surface area (Å²) in [5.74, 6) is -2.23. The number of hydrogen-bond donors (Lipinski definition) is 3. The molecule has 0 radical (unpaired) electrons. The zero-order valence-electron chi connectivity index (χ0n) is 19.7. The summed E-state index contributed by atoms with van der Waals surface area (Å²) in [5.41, 5.74) is 6.09. The predicted octanol–water partition coefficient (Wildman–Crippen LogP) is 2.66. The highest BCUT2D eigenvalue weighted by Crippen LogP contribution is 2.32. The number of halogens is 3. The van der Waals surface area contributed by atoms with E-state index >= 15 is 0 Å². The molecule has 0 saturated carbocycles. The zero-order valence-corrected chi connectivity index (χ0v) is 21.3. The van der Waals surface area contributed by atoms with Gasteiger partial charge in [0.1, 0.15) is 24.6 Å². The lowest BCUT2D eigenvalue weighted by Crippen LogP contribution is -2.46. The van der Waals surface area contributed by atoms with Crippen LogP contribution in [0.4, 0.5) is 8.78 Å². The number of nitrogens with one attached hydrogen (secondary N) is 1. The van der Waals surface area contributed by atoms with E-state index in [1.54, 1.807) is 0 Å². The number of aromatic nitrogens is 1. The molecule has 196 valence electrons. The zero-order chi connectivity index (χ0) is 27.1. The van der Waals surface area contributed by atoms with E-state index in [1.165, 1.54) is 54.1 Å². The van der Waals surface area contributed by atoms with Gasteiger partial charge >= 0.3 is 0 Å². The van der Waals surface area contributed by atoms with Crippen LogP contribution in [0, 0.1) is 5.82 Å². The van der Waals surface area contributed by atoms with Gasteiger partial charge in [-0.3, -0.25) is 24.5 Å². The van der Waals surface area contributed by atoms with Crippen molar-refractivity contribution in [3.8, 4) is 0 Å². The van der Waals surface area contributed by atoms with E-state index in [9.17, 15) is 32.6 Å². The lowest BCUT2D eigenvalue weighted by Gasteiger charge is -2.24. The number of carbonyl (C=O) groups is 3. The lowest BCUT2D eigenvalue weighted by atomic mass is 10.1. The van der Waals surface area contributed by atoms with Crippen LogP contribution < -0.4 is 16.1 Å². The van der Waals surface area contributed by atoms with Gasteiger partial charge in [-0.2, -0.15) is 0 Å². The molecule has 2 aromatic carbocycles. The molecule has 4 rings (SSSR count). The number of hydrogen-bond acceptors (Lipinski definition) is 4. The Hall–Kier alpha value is -3.11. The third-order valence-corrected chi connectivity index (χ3v) is 7.59. The van der Waals surface area contributed by atoms with Gasteiger partial charge in [-0.25, -0.2) is 8.78 Å². The average molecular weight is 553 g/mol. The minimum absolute atomic E-state index is 0.0719. The van der Waals surface area contributed by atoms with E-state index < -0.39 is 37.4 Å². The highest BCUT2D eigenvalue weighted by Gasteiger charge is 2.39. The van der Waals surface area contributed by atoms with Gasteiger partial charge in [0, 0.05) is 35.7 Å². The minimum atomic E-state index is -4.11. The molecule has 3 aromatic rings. The Morgan fingerprint density at radius 1 is 1.27 bits per heavy atom. The second-order valence-corrected chi connectivity index (χ2v) is 11.0. The Kier molecular flexibility index (Phi) is 7.52. The van der Waals surface area contributed by atoms with Crippen LogP contribution in [0.5, 0.6) is 0 Å². The molecule has 9 nitrogen and oxygen atoms in total. The Morgan fingerprint density at radius 2 is 2.00 bits per heavy atom. The van der Waals surface area contributed by atoms with Crippen molar-refractivity contribution >= 4 is 52.9 Å². The van der Waals surface area contributed by atoms with Crippen molar-refractivity contribution in [3.63, 3.8) is 0 Å². The normalized spacial score (nSPS) is 19.1. The second kappa shape index (κ2) is 10.3. The monoisotopic (exact) mass is 552 g/mol. The van der Waals surface area contributed by atoms with Crippen LogP contribution in [0.25, 0.3) is 10.9 Å². The molecule has 1 aliphatic rings. The van der Waals surface area contributed by atoms with Gasteiger partial charge in [0.25, 0.3) is 7.52 Å². The fraction of sp³-hybridized carbons (Fsp3) is 0.292. The van der Waals surface area contributed by atoms with Gasteiger partial charge in [-0.1, -0.05) is 29.8 Å².